The van der Waals surface area contributed by atoms with Crippen molar-refractivity contribution < 1.29 is 9.18 Å². The topological polar surface area (TPSA) is 41.1 Å². The van der Waals surface area contributed by atoms with Crippen molar-refractivity contribution in [3.63, 3.8) is 0 Å². The Morgan fingerprint density at radius 3 is 3.05 bits per heavy atom. The maximum absolute atomic E-state index is 13.7. The molecule has 0 spiro atoms. The minimum Gasteiger partial charge on any atom is -0.354 e. The number of carbonyl (C=O) groups is 1. The second-order valence-corrected chi connectivity index (χ2v) is 6.38. The van der Waals surface area contributed by atoms with E-state index in [1.807, 2.05) is 19.9 Å². The quantitative estimate of drug-likeness (QED) is 0.878. The van der Waals surface area contributed by atoms with Gasteiger partial charge in [-0.25, -0.2) is 4.39 Å². The van der Waals surface area contributed by atoms with Crippen molar-refractivity contribution in [3.05, 3.63) is 29.6 Å². The van der Waals surface area contributed by atoms with E-state index < -0.39 is 0 Å². The van der Waals surface area contributed by atoms with Gasteiger partial charge in [-0.3, -0.25) is 4.79 Å². The molecule has 0 saturated heterocycles. The molecule has 0 aliphatic carbocycles. The summed E-state index contributed by atoms with van der Waals surface area (Å²) < 4.78 is 13.7. The van der Waals surface area contributed by atoms with Crippen molar-refractivity contribution >= 4 is 17.7 Å². The number of carbonyl (C=O) groups excluding carboxylic acids is 1. The number of hydrogen-bond acceptors (Lipinski definition) is 3. The zero-order valence-electron chi connectivity index (χ0n) is 11.9. The monoisotopic (exact) mass is 296 g/mol. The van der Waals surface area contributed by atoms with E-state index >= 15 is 0 Å². The molecule has 1 aromatic carbocycles. The first kappa shape index (κ1) is 15.3. The number of nitrogens with one attached hydrogen (secondary N) is 2. The van der Waals surface area contributed by atoms with E-state index in [1.165, 1.54) is 6.07 Å². The van der Waals surface area contributed by atoms with Crippen LogP contribution >= 0.6 is 11.8 Å². The van der Waals surface area contributed by atoms with Gasteiger partial charge in [0, 0.05) is 29.9 Å². The highest BCUT2D eigenvalue weighted by Gasteiger charge is 2.22. The summed E-state index contributed by atoms with van der Waals surface area (Å²) in [6.07, 6.45) is 1.42. The minimum absolute atomic E-state index is 0.0529. The predicted octanol–water partition coefficient (Wildman–Crippen LogP) is 2.87. The highest BCUT2D eigenvalue weighted by atomic mass is 32.2. The summed E-state index contributed by atoms with van der Waals surface area (Å²) in [5, 5.41) is 6.23. The van der Waals surface area contributed by atoms with Gasteiger partial charge in [-0.15, -0.1) is 11.8 Å². The summed E-state index contributed by atoms with van der Waals surface area (Å²) >= 11 is 1.57. The van der Waals surface area contributed by atoms with Crippen molar-refractivity contribution in [3.8, 4) is 0 Å². The van der Waals surface area contributed by atoms with Gasteiger partial charge in [0.1, 0.15) is 5.82 Å². The Hall–Kier alpha value is -1.07. The summed E-state index contributed by atoms with van der Waals surface area (Å²) in [4.78, 5) is 12.3. The number of halogens is 1. The fraction of sp³-hybridized carbons (Fsp3) is 0.533. The van der Waals surface area contributed by atoms with Crippen LogP contribution in [-0.4, -0.2) is 24.2 Å². The first-order valence-corrected chi connectivity index (χ1v) is 8.00. The molecule has 2 rings (SSSR count). The summed E-state index contributed by atoms with van der Waals surface area (Å²) in [7, 11) is 0. The van der Waals surface area contributed by atoms with Gasteiger partial charge >= 0.3 is 0 Å². The van der Waals surface area contributed by atoms with Crippen LogP contribution in [0.15, 0.2) is 23.1 Å². The van der Waals surface area contributed by atoms with Crippen LogP contribution in [0.5, 0.6) is 0 Å². The molecule has 1 atom stereocenters. The number of benzene rings is 1. The van der Waals surface area contributed by atoms with Crippen LogP contribution in [0.1, 0.15) is 38.3 Å². The Kier molecular flexibility index (Phi) is 5.43. The molecule has 0 aromatic heterocycles. The largest absolute Gasteiger partial charge is 0.354 e. The highest BCUT2D eigenvalue weighted by molar-refractivity contribution is 7.99. The normalized spacial score (nSPS) is 17.9. The lowest BCUT2D eigenvalue weighted by molar-refractivity contribution is -0.121. The van der Waals surface area contributed by atoms with E-state index in [-0.39, 0.29) is 23.8 Å². The Bertz CT molecular complexity index is 479. The third-order valence-corrected chi connectivity index (χ3v) is 4.38. The lowest BCUT2D eigenvalue weighted by Gasteiger charge is -2.26. The van der Waals surface area contributed by atoms with Gasteiger partial charge in [-0.1, -0.05) is 12.1 Å². The van der Waals surface area contributed by atoms with Crippen LogP contribution in [0.3, 0.4) is 0 Å². The molecule has 1 aromatic rings. The molecule has 0 saturated carbocycles. The molecule has 2 N–H and O–H groups in total. The third kappa shape index (κ3) is 3.96. The number of amides is 1. The summed E-state index contributed by atoms with van der Waals surface area (Å²) in [6.45, 7) is 4.51. The Morgan fingerprint density at radius 2 is 2.30 bits per heavy atom. The van der Waals surface area contributed by atoms with Gasteiger partial charge in [-0.2, -0.15) is 0 Å². The van der Waals surface area contributed by atoms with Gasteiger partial charge in [0.25, 0.3) is 0 Å². The fourth-order valence-corrected chi connectivity index (χ4v) is 3.49. The first-order chi connectivity index (χ1) is 9.58. The number of hydrogen-bond donors (Lipinski definition) is 2. The molecule has 3 nitrogen and oxygen atoms in total. The van der Waals surface area contributed by atoms with Gasteiger partial charge in [-0.05, 0) is 37.7 Å². The second kappa shape index (κ2) is 7.09. The number of thioether (sulfide) groups is 1. The molecule has 1 amide bonds. The molecule has 0 radical (unpaired) electrons. The van der Waals surface area contributed by atoms with E-state index in [4.69, 9.17) is 0 Å². The SMILES string of the molecule is CC(C)NC(=O)CCNC1CCSc2c(F)cccc21. The number of fused-ring (bicyclic) bond motifs is 1. The smallest absolute Gasteiger partial charge is 0.221 e. The molecule has 1 unspecified atom stereocenters. The summed E-state index contributed by atoms with van der Waals surface area (Å²) in [6, 6.07) is 5.54. The van der Waals surface area contributed by atoms with Crippen molar-refractivity contribution in [2.24, 2.45) is 0 Å². The Balaban J connectivity index is 1.89. The first-order valence-electron chi connectivity index (χ1n) is 7.02. The lowest BCUT2D eigenvalue weighted by atomic mass is 10.0. The van der Waals surface area contributed by atoms with Gasteiger partial charge in [0.2, 0.25) is 5.91 Å². The van der Waals surface area contributed by atoms with Gasteiger partial charge < -0.3 is 10.6 Å². The standard InChI is InChI=1S/C15H21FN2OS/c1-10(2)18-14(19)6-8-17-13-7-9-20-15-11(13)4-3-5-12(15)16/h3-5,10,13,17H,6-9H2,1-2H3,(H,18,19). The molecule has 20 heavy (non-hydrogen) atoms. The van der Waals surface area contributed by atoms with Crippen molar-refractivity contribution in [2.45, 2.75) is 43.7 Å². The lowest BCUT2D eigenvalue weighted by Crippen LogP contribution is -2.34. The van der Waals surface area contributed by atoms with E-state index in [0.29, 0.717) is 13.0 Å². The summed E-state index contributed by atoms with van der Waals surface area (Å²) in [5.74, 6) is 0.817. The third-order valence-electron chi connectivity index (χ3n) is 3.22. The predicted molar refractivity (Wildman–Crippen MR) is 80.4 cm³/mol. The zero-order valence-corrected chi connectivity index (χ0v) is 12.7. The van der Waals surface area contributed by atoms with Crippen LogP contribution < -0.4 is 10.6 Å². The van der Waals surface area contributed by atoms with Crippen molar-refractivity contribution in [2.75, 3.05) is 12.3 Å². The van der Waals surface area contributed by atoms with E-state index in [9.17, 15) is 9.18 Å². The van der Waals surface area contributed by atoms with E-state index in [1.54, 1.807) is 17.8 Å². The van der Waals surface area contributed by atoms with Crippen molar-refractivity contribution in [1.29, 1.82) is 0 Å². The van der Waals surface area contributed by atoms with Crippen molar-refractivity contribution in [1.82, 2.24) is 10.6 Å². The van der Waals surface area contributed by atoms with E-state index in [2.05, 4.69) is 10.6 Å². The fourth-order valence-electron chi connectivity index (χ4n) is 2.35. The van der Waals surface area contributed by atoms with Crippen LogP contribution in [0.25, 0.3) is 0 Å². The molecule has 0 fully saturated rings. The summed E-state index contributed by atoms with van der Waals surface area (Å²) in [5.41, 5.74) is 1.02. The highest BCUT2D eigenvalue weighted by Crippen LogP contribution is 2.37. The Labute approximate surface area is 123 Å². The molecular weight excluding hydrogens is 275 g/mol. The molecule has 1 heterocycles. The average molecular weight is 296 g/mol. The second-order valence-electron chi connectivity index (χ2n) is 5.27. The average Bonchev–Trinajstić information content (AvgIpc) is 2.39. The molecule has 1 aliphatic rings. The maximum Gasteiger partial charge on any atom is 0.221 e. The molecule has 0 bridgehead atoms. The van der Waals surface area contributed by atoms with Crippen LogP contribution in [-0.2, 0) is 4.79 Å². The van der Waals surface area contributed by atoms with Gasteiger partial charge in [0.05, 0.1) is 0 Å². The van der Waals surface area contributed by atoms with Crippen LogP contribution in [0.2, 0.25) is 0 Å². The van der Waals surface area contributed by atoms with Crippen LogP contribution in [0, 0.1) is 5.82 Å². The number of rotatable bonds is 5. The van der Waals surface area contributed by atoms with Crippen LogP contribution in [0.4, 0.5) is 4.39 Å². The molecule has 1 aliphatic heterocycles. The van der Waals surface area contributed by atoms with E-state index in [0.717, 1.165) is 22.6 Å². The molecule has 5 heteroatoms. The Morgan fingerprint density at radius 1 is 1.50 bits per heavy atom. The molecular formula is C15H21FN2OS. The molecule has 110 valence electrons. The minimum atomic E-state index is -0.142. The maximum atomic E-state index is 13.7. The van der Waals surface area contributed by atoms with Gasteiger partial charge in [0.15, 0.2) is 0 Å². The zero-order chi connectivity index (χ0) is 14.5.